The van der Waals surface area contributed by atoms with Gasteiger partial charge in [0, 0.05) is 17.1 Å². The van der Waals surface area contributed by atoms with Crippen LogP contribution in [0.15, 0.2) is 30.5 Å². The Hall–Kier alpha value is -1.26. The number of rotatable bonds is 6. The van der Waals surface area contributed by atoms with Crippen LogP contribution < -0.4 is 5.32 Å². The van der Waals surface area contributed by atoms with Crippen molar-refractivity contribution in [1.29, 1.82) is 0 Å². The molecule has 0 bridgehead atoms. The molecule has 1 N–H and O–H groups in total. The van der Waals surface area contributed by atoms with Crippen molar-refractivity contribution in [2.24, 2.45) is 0 Å². The van der Waals surface area contributed by atoms with E-state index >= 15 is 0 Å². The lowest BCUT2D eigenvalue weighted by molar-refractivity contribution is 0.535. The number of benzene rings is 1. The first-order chi connectivity index (χ1) is 9.19. The van der Waals surface area contributed by atoms with Crippen molar-refractivity contribution in [1.82, 2.24) is 10.3 Å². The van der Waals surface area contributed by atoms with Crippen LogP contribution in [0.4, 0.5) is 4.39 Å². The number of aryl methyl sites for hydroxylation is 1. The molecule has 0 radical (unpaired) electrons. The minimum Gasteiger partial charge on any atom is -0.309 e. The van der Waals surface area contributed by atoms with Gasteiger partial charge in [-0.05, 0) is 44.0 Å². The van der Waals surface area contributed by atoms with Crippen LogP contribution in [0.3, 0.4) is 0 Å². The van der Waals surface area contributed by atoms with E-state index in [0.717, 1.165) is 30.0 Å². The van der Waals surface area contributed by atoms with E-state index in [2.05, 4.69) is 17.2 Å². The molecule has 0 fully saturated rings. The lowest BCUT2D eigenvalue weighted by atomic mass is 10.0. The molecule has 1 atom stereocenters. The van der Waals surface area contributed by atoms with Gasteiger partial charge >= 0.3 is 0 Å². The summed E-state index contributed by atoms with van der Waals surface area (Å²) < 4.78 is 12.9. The topological polar surface area (TPSA) is 24.9 Å². The van der Waals surface area contributed by atoms with E-state index in [0.29, 0.717) is 0 Å². The highest BCUT2D eigenvalue weighted by Gasteiger charge is 2.14. The first kappa shape index (κ1) is 14.2. The second-order valence-electron chi connectivity index (χ2n) is 4.62. The van der Waals surface area contributed by atoms with Crippen LogP contribution in [0.5, 0.6) is 0 Å². The van der Waals surface area contributed by atoms with Crippen LogP contribution in [0.1, 0.15) is 34.8 Å². The molecule has 1 aromatic heterocycles. The third-order valence-corrected chi connectivity index (χ3v) is 4.00. The van der Waals surface area contributed by atoms with Gasteiger partial charge in [0.2, 0.25) is 0 Å². The minimum atomic E-state index is -0.185. The highest BCUT2D eigenvalue weighted by atomic mass is 32.1. The number of aromatic nitrogens is 1. The fourth-order valence-electron chi connectivity index (χ4n) is 1.99. The first-order valence-corrected chi connectivity index (χ1v) is 7.41. The van der Waals surface area contributed by atoms with Crippen LogP contribution in [0.25, 0.3) is 0 Å². The SMILES string of the molecule is CCCNC(Cc1ccc(F)cc1)c1cnc(C)s1. The number of hydrogen-bond acceptors (Lipinski definition) is 3. The maximum atomic E-state index is 12.9. The summed E-state index contributed by atoms with van der Waals surface area (Å²) >= 11 is 1.72. The predicted octanol–water partition coefficient (Wildman–Crippen LogP) is 3.87. The average Bonchev–Trinajstić information content (AvgIpc) is 2.83. The summed E-state index contributed by atoms with van der Waals surface area (Å²) in [6, 6.07) is 7.00. The van der Waals surface area contributed by atoms with Crippen LogP contribution in [0, 0.1) is 12.7 Å². The third-order valence-electron chi connectivity index (χ3n) is 2.98. The molecule has 0 saturated carbocycles. The van der Waals surface area contributed by atoms with Crippen molar-refractivity contribution >= 4 is 11.3 Å². The van der Waals surface area contributed by atoms with E-state index in [9.17, 15) is 4.39 Å². The Kier molecular flexibility index (Phi) is 5.05. The van der Waals surface area contributed by atoms with Gasteiger partial charge in [-0.3, -0.25) is 0 Å². The Labute approximate surface area is 117 Å². The van der Waals surface area contributed by atoms with E-state index in [1.54, 1.807) is 11.3 Å². The van der Waals surface area contributed by atoms with Crippen molar-refractivity contribution in [3.63, 3.8) is 0 Å². The number of nitrogens with one attached hydrogen (secondary N) is 1. The van der Waals surface area contributed by atoms with Crippen LogP contribution in [0.2, 0.25) is 0 Å². The standard InChI is InChI=1S/C15H19FN2S/c1-3-8-17-14(15-10-18-11(2)19-15)9-12-4-6-13(16)7-5-12/h4-7,10,14,17H,3,8-9H2,1-2H3. The molecule has 102 valence electrons. The van der Waals surface area contributed by atoms with E-state index < -0.39 is 0 Å². The molecule has 2 nitrogen and oxygen atoms in total. The summed E-state index contributed by atoms with van der Waals surface area (Å²) in [6.07, 6.45) is 3.90. The summed E-state index contributed by atoms with van der Waals surface area (Å²) in [6.45, 7) is 5.14. The zero-order valence-electron chi connectivity index (χ0n) is 11.3. The lowest BCUT2D eigenvalue weighted by Crippen LogP contribution is -2.23. The van der Waals surface area contributed by atoms with Gasteiger partial charge in [-0.15, -0.1) is 11.3 Å². The fourth-order valence-corrected chi connectivity index (χ4v) is 2.85. The highest BCUT2D eigenvalue weighted by Crippen LogP contribution is 2.24. The normalized spacial score (nSPS) is 12.6. The molecule has 0 saturated heterocycles. The van der Waals surface area contributed by atoms with Crippen LogP contribution >= 0.6 is 11.3 Å². The molecule has 4 heteroatoms. The maximum absolute atomic E-state index is 12.9. The minimum absolute atomic E-state index is 0.185. The second kappa shape index (κ2) is 6.78. The summed E-state index contributed by atoms with van der Waals surface area (Å²) in [4.78, 5) is 5.57. The van der Waals surface area contributed by atoms with Gasteiger partial charge in [-0.25, -0.2) is 9.37 Å². The molecule has 2 rings (SSSR count). The van der Waals surface area contributed by atoms with Gasteiger partial charge in [0.1, 0.15) is 5.82 Å². The van der Waals surface area contributed by atoms with E-state index in [1.807, 2.05) is 25.3 Å². The van der Waals surface area contributed by atoms with Gasteiger partial charge < -0.3 is 5.32 Å². The lowest BCUT2D eigenvalue weighted by Gasteiger charge is -2.16. The summed E-state index contributed by atoms with van der Waals surface area (Å²) in [5, 5.41) is 4.62. The molecule has 19 heavy (non-hydrogen) atoms. The average molecular weight is 278 g/mol. The van der Waals surface area contributed by atoms with Crippen molar-refractivity contribution in [2.75, 3.05) is 6.54 Å². The third kappa shape index (κ3) is 4.11. The molecular weight excluding hydrogens is 259 g/mol. The van der Waals surface area contributed by atoms with Gasteiger partial charge in [-0.2, -0.15) is 0 Å². The molecule has 0 spiro atoms. The Morgan fingerprint density at radius 1 is 1.32 bits per heavy atom. The monoisotopic (exact) mass is 278 g/mol. The summed E-state index contributed by atoms with van der Waals surface area (Å²) in [7, 11) is 0. The molecule has 2 aromatic rings. The number of thiazole rings is 1. The summed E-state index contributed by atoms with van der Waals surface area (Å²) in [5.74, 6) is -0.185. The molecule has 1 heterocycles. The zero-order valence-corrected chi connectivity index (χ0v) is 12.1. The predicted molar refractivity (Wildman–Crippen MR) is 78.0 cm³/mol. The Balaban J connectivity index is 2.11. The smallest absolute Gasteiger partial charge is 0.123 e. The molecule has 1 aromatic carbocycles. The fraction of sp³-hybridized carbons (Fsp3) is 0.400. The van der Waals surface area contributed by atoms with Crippen molar-refractivity contribution in [3.8, 4) is 0 Å². The second-order valence-corrected chi connectivity index (χ2v) is 5.89. The molecule has 1 unspecified atom stereocenters. The van der Waals surface area contributed by atoms with Gasteiger partial charge in [0.05, 0.1) is 5.01 Å². The number of nitrogens with zero attached hydrogens (tertiary/aromatic N) is 1. The largest absolute Gasteiger partial charge is 0.309 e. The quantitative estimate of drug-likeness (QED) is 0.867. The number of halogens is 1. The van der Waals surface area contributed by atoms with E-state index in [-0.39, 0.29) is 11.9 Å². The van der Waals surface area contributed by atoms with Gasteiger partial charge in [0.15, 0.2) is 0 Å². The van der Waals surface area contributed by atoms with Crippen LogP contribution in [-0.2, 0) is 6.42 Å². The molecule has 0 aliphatic rings. The Morgan fingerprint density at radius 3 is 2.63 bits per heavy atom. The molecule has 0 aliphatic carbocycles. The van der Waals surface area contributed by atoms with E-state index in [1.165, 1.54) is 17.0 Å². The molecule has 0 aliphatic heterocycles. The van der Waals surface area contributed by atoms with Crippen molar-refractivity contribution < 1.29 is 4.39 Å². The van der Waals surface area contributed by atoms with Crippen molar-refractivity contribution in [3.05, 3.63) is 51.7 Å². The highest BCUT2D eigenvalue weighted by molar-refractivity contribution is 7.11. The van der Waals surface area contributed by atoms with Crippen LogP contribution in [-0.4, -0.2) is 11.5 Å². The molecular formula is C15H19FN2S. The Bertz CT molecular complexity index is 507. The maximum Gasteiger partial charge on any atom is 0.123 e. The summed E-state index contributed by atoms with van der Waals surface area (Å²) in [5.41, 5.74) is 1.14. The zero-order chi connectivity index (χ0) is 13.7. The van der Waals surface area contributed by atoms with E-state index in [4.69, 9.17) is 0 Å². The van der Waals surface area contributed by atoms with Gasteiger partial charge in [-0.1, -0.05) is 19.1 Å². The molecule has 0 amide bonds. The van der Waals surface area contributed by atoms with Gasteiger partial charge in [0.25, 0.3) is 0 Å². The van der Waals surface area contributed by atoms with Crippen molar-refractivity contribution in [2.45, 2.75) is 32.7 Å². The first-order valence-electron chi connectivity index (χ1n) is 6.59. The number of hydrogen-bond donors (Lipinski definition) is 1. The Morgan fingerprint density at radius 2 is 2.05 bits per heavy atom.